The van der Waals surface area contributed by atoms with Gasteiger partial charge in [-0.3, -0.25) is 0 Å². The molecule has 0 saturated carbocycles. The minimum absolute atomic E-state index is 0.470. The van der Waals surface area contributed by atoms with Crippen LogP contribution in [0.4, 0.5) is 5.82 Å². The molecule has 1 aromatic carbocycles. The van der Waals surface area contributed by atoms with Crippen molar-refractivity contribution in [3.8, 4) is 11.6 Å². The standard InChI is InChI=1S/C13H15ClN4O/c1-2-5-9-12(18-15)16-8-17-13(9)19-11-7-4-3-6-10(11)14/h3-4,6-8H,2,5,15H2,1H3,(H,16,17,18). The van der Waals surface area contributed by atoms with Gasteiger partial charge in [-0.15, -0.1) is 0 Å². The molecule has 0 bridgehead atoms. The zero-order valence-electron chi connectivity index (χ0n) is 10.6. The molecule has 2 rings (SSSR count). The van der Waals surface area contributed by atoms with Crippen molar-refractivity contribution >= 4 is 17.4 Å². The number of hydrogen-bond acceptors (Lipinski definition) is 5. The van der Waals surface area contributed by atoms with E-state index in [1.54, 1.807) is 12.1 Å². The van der Waals surface area contributed by atoms with Crippen LogP contribution >= 0.6 is 11.6 Å². The molecule has 0 fully saturated rings. The SMILES string of the molecule is CCCc1c(NN)ncnc1Oc1ccccc1Cl. The minimum atomic E-state index is 0.470. The van der Waals surface area contributed by atoms with Crippen LogP contribution in [0.5, 0.6) is 11.6 Å². The summed E-state index contributed by atoms with van der Waals surface area (Å²) in [6, 6.07) is 7.24. The highest BCUT2D eigenvalue weighted by atomic mass is 35.5. The van der Waals surface area contributed by atoms with E-state index in [0.29, 0.717) is 22.5 Å². The highest BCUT2D eigenvalue weighted by Crippen LogP contribution is 2.31. The van der Waals surface area contributed by atoms with Crippen LogP contribution in [-0.4, -0.2) is 9.97 Å². The Balaban J connectivity index is 2.37. The molecule has 100 valence electrons. The van der Waals surface area contributed by atoms with Crippen LogP contribution in [0.3, 0.4) is 0 Å². The van der Waals surface area contributed by atoms with Gasteiger partial charge < -0.3 is 10.2 Å². The van der Waals surface area contributed by atoms with Crippen LogP contribution in [0.2, 0.25) is 5.02 Å². The fourth-order valence-electron chi connectivity index (χ4n) is 1.72. The summed E-state index contributed by atoms with van der Waals surface area (Å²) in [5.74, 6) is 7.05. The Morgan fingerprint density at radius 1 is 1.32 bits per heavy atom. The van der Waals surface area contributed by atoms with E-state index in [-0.39, 0.29) is 0 Å². The number of rotatable bonds is 5. The van der Waals surface area contributed by atoms with E-state index in [1.165, 1.54) is 6.33 Å². The number of anilines is 1. The average molecular weight is 279 g/mol. The Bertz CT molecular complexity index is 562. The number of para-hydroxylation sites is 1. The van der Waals surface area contributed by atoms with E-state index in [0.717, 1.165) is 18.4 Å². The molecule has 0 saturated heterocycles. The number of hydrogen-bond donors (Lipinski definition) is 2. The van der Waals surface area contributed by atoms with E-state index in [1.807, 2.05) is 12.1 Å². The molecule has 19 heavy (non-hydrogen) atoms. The van der Waals surface area contributed by atoms with E-state index in [9.17, 15) is 0 Å². The number of halogens is 1. The van der Waals surface area contributed by atoms with Crippen molar-refractivity contribution in [2.45, 2.75) is 19.8 Å². The van der Waals surface area contributed by atoms with E-state index in [2.05, 4.69) is 22.3 Å². The Kier molecular flexibility index (Phi) is 4.54. The molecule has 0 radical (unpaired) electrons. The monoisotopic (exact) mass is 278 g/mol. The van der Waals surface area contributed by atoms with Crippen molar-refractivity contribution in [3.63, 3.8) is 0 Å². The molecular formula is C13H15ClN4O. The minimum Gasteiger partial charge on any atom is -0.437 e. The van der Waals surface area contributed by atoms with E-state index in [4.69, 9.17) is 22.2 Å². The topological polar surface area (TPSA) is 73.1 Å². The molecule has 1 aromatic heterocycles. The summed E-state index contributed by atoms with van der Waals surface area (Å²) in [5, 5.41) is 0.533. The molecule has 0 aliphatic heterocycles. The van der Waals surface area contributed by atoms with Crippen molar-refractivity contribution in [2.24, 2.45) is 5.84 Å². The lowest BCUT2D eigenvalue weighted by atomic mass is 10.2. The van der Waals surface area contributed by atoms with Gasteiger partial charge in [-0.1, -0.05) is 37.1 Å². The van der Waals surface area contributed by atoms with Gasteiger partial charge in [0, 0.05) is 0 Å². The first-order chi connectivity index (χ1) is 9.26. The summed E-state index contributed by atoms with van der Waals surface area (Å²) in [6.45, 7) is 2.06. The van der Waals surface area contributed by atoms with Gasteiger partial charge in [0.1, 0.15) is 17.9 Å². The van der Waals surface area contributed by atoms with Crippen LogP contribution in [0, 0.1) is 0 Å². The average Bonchev–Trinajstić information content (AvgIpc) is 2.43. The highest BCUT2D eigenvalue weighted by Gasteiger charge is 2.13. The summed E-state index contributed by atoms with van der Waals surface area (Å²) in [5.41, 5.74) is 3.40. The number of nitrogens with two attached hydrogens (primary N) is 1. The number of benzene rings is 1. The molecule has 0 aliphatic carbocycles. The van der Waals surface area contributed by atoms with E-state index >= 15 is 0 Å². The predicted molar refractivity (Wildman–Crippen MR) is 75.4 cm³/mol. The third-order valence-electron chi connectivity index (χ3n) is 2.59. The summed E-state index contributed by atoms with van der Waals surface area (Å²) >= 11 is 6.07. The number of nitrogens with one attached hydrogen (secondary N) is 1. The van der Waals surface area contributed by atoms with Crippen molar-refractivity contribution in [3.05, 3.63) is 41.2 Å². The quantitative estimate of drug-likeness (QED) is 0.649. The third-order valence-corrected chi connectivity index (χ3v) is 2.90. The fourth-order valence-corrected chi connectivity index (χ4v) is 1.89. The van der Waals surface area contributed by atoms with Crippen molar-refractivity contribution in [2.75, 3.05) is 5.43 Å². The largest absolute Gasteiger partial charge is 0.437 e. The molecule has 2 aromatic rings. The number of ether oxygens (including phenoxy) is 1. The van der Waals surface area contributed by atoms with Crippen LogP contribution in [-0.2, 0) is 6.42 Å². The zero-order valence-corrected chi connectivity index (χ0v) is 11.3. The van der Waals surface area contributed by atoms with Gasteiger partial charge in [0.15, 0.2) is 0 Å². The Labute approximate surface area is 116 Å². The van der Waals surface area contributed by atoms with Gasteiger partial charge in [-0.25, -0.2) is 15.8 Å². The molecule has 6 heteroatoms. The van der Waals surface area contributed by atoms with Gasteiger partial charge in [0.05, 0.1) is 10.6 Å². The first-order valence-corrected chi connectivity index (χ1v) is 6.37. The van der Waals surface area contributed by atoms with Crippen molar-refractivity contribution in [1.82, 2.24) is 9.97 Å². The smallest absolute Gasteiger partial charge is 0.227 e. The second kappa shape index (κ2) is 6.36. The number of aromatic nitrogens is 2. The normalized spacial score (nSPS) is 10.3. The molecule has 0 spiro atoms. The maximum atomic E-state index is 6.07. The van der Waals surface area contributed by atoms with Crippen molar-refractivity contribution < 1.29 is 4.74 Å². The number of hydrazine groups is 1. The van der Waals surface area contributed by atoms with Gasteiger partial charge in [0.2, 0.25) is 5.88 Å². The number of nitrogens with zero attached hydrogens (tertiary/aromatic N) is 2. The van der Waals surface area contributed by atoms with E-state index < -0.39 is 0 Å². The maximum Gasteiger partial charge on any atom is 0.227 e. The first-order valence-electron chi connectivity index (χ1n) is 5.99. The third kappa shape index (κ3) is 3.13. The molecule has 0 amide bonds. The van der Waals surface area contributed by atoms with Crippen LogP contribution in [0.25, 0.3) is 0 Å². The molecule has 1 heterocycles. The summed E-state index contributed by atoms with van der Waals surface area (Å²) in [6.07, 6.45) is 3.10. The first kappa shape index (κ1) is 13.6. The molecule has 0 unspecified atom stereocenters. The van der Waals surface area contributed by atoms with Gasteiger partial charge in [0.25, 0.3) is 0 Å². The lowest BCUT2D eigenvalue weighted by Crippen LogP contribution is -2.12. The lowest BCUT2D eigenvalue weighted by molar-refractivity contribution is 0.454. The summed E-state index contributed by atoms with van der Waals surface area (Å²) in [7, 11) is 0. The Hall–Kier alpha value is -1.85. The highest BCUT2D eigenvalue weighted by molar-refractivity contribution is 6.32. The maximum absolute atomic E-state index is 6.07. The van der Waals surface area contributed by atoms with Crippen LogP contribution in [0.1, 0.15) is 18.9 Å². The predicted octanol–water partition coefficient (Wildman–Crippen LogP) is 3.16. The molecule has 0 aliphatic rings. The lowest BCUT2D eigenvalue weighted by Gasteiger charge is -2.13. The Morgan fingerprint density at radius 3 is 2.79 bits per heavy atom. The molecular weight excluding hydrogens is 264 g/mol. The fraction of sp³-hybridized carbons (Fsp3) is 0.231. The Morgan fingerprint density at radius 2 is 2.11 bits per heavy atom. The van der Waals surface area contributed by atoms with Crippen LogP contribution < -0.4 is 16.0 Å². The van der Waals surface area contributed by atoms with Crippen molar-refractivity contribution in [1.29, 1.82) is 0 Å². The number of nitrogen functional groups attached to an aromatic ring is 1. The zero-order chi connectivity index (χ0) is 13.7. The second-order valence-corrected chi connectivity index (χ2v) is 4.34. The summed E-state index contributed by atoms with van der Waals surface area (Å²) < 4.78 is 5.76. The molecule has 5 nitrogen and oxygen atoms in total. The van der Waals surface area contributed by atoms with Gasteiger partial charge in [-0.2, -0.15) is 0 Å². The molecule has 3 N–H and O–H groups in total. The van der Waals surface area contributed by atoms with Crippen LogP contribution in [0.15, 0.2) is 30.6 Å². The van der Waals surface area contributed by atoms with Gasteiger partial charge in [-0.05, 0) is 18.6 Å². The molecule has 0 atom stereocenters. The summed E-state index contributed by atoms with van der Waals surface area (Å²) in [4.78, 5) is 8.24. The van der Waals surface area contributed by atoms with Gasteiger partial charge >= 0.3 is 0 Å². The second-order valence-electron chi connectivity index (χ2n) is 3.93.